The van der Waals surface area contributed by atoms with E-state index in [0.717, 1.165) is 12.8 Å². The fourth-order valence-corrected chi connectivity index (χ4v) is 1.85. The maximum atomic E-state index is 11.3. The summed E-state index contributed by atoms with van der Waals surface area (Å²) in [7, 11) is 1.36. The smallest absolute Gasteiger partial charge is 0.312 e. The molecule has 1 aliphatic rings. The van der Waals surface area contributed by atoms with Gasteiger partial charge in [-0.3, -0.25) is 9.59 Å². The number of carbonyl (C=O) groups is 2. The zero-order chi connectivity index (χ0) is 9.35. The molecule has 0 amide bonds. The molecule has 0 bridgehead atoms. The monoisotopic (exact) mass is 170 g/mol. The molecule has 1 saturated carbocycles. The van der Waals surface area contributed by atoms with E-state index in [9.17, 15) is 9.59 Å². The Bertz CT molecular complexity index is 222. The Hall–Kier alpha value is -0.860. The van der Waals surface area contributed by atoms with E-state index in [-0.39, 0.29) is 17.7 Å². The fraction of sp³-hybridized carbons (Fsp3) is 0.778. The van der Waals surface area contributed by atoms with Crippen LogP contribution in [0.15, 0.2) is 0 Å². The third-order valence-corrected chi connectivity index (χ3v) is 2.86. The Balaban J connectivity index is 2.73. The molecule has 2 atom stereocenters. The van der Waals surface area contributed by atoms with Crippen LogP contribution in [0.4, 0.5) is 0 Å². The van der Waals surface area contributed by atoms with Crippen LogP contribution in [-0.2, 0) is 14.3 Å². The van der Waals surface area contributed by atoms with Crippen molar-refractivity contribution in [2.75, 3.05) is 7.11 Å². The molecule has 0 radical (unpaired) electrons. The zero-order valence-electron chi connectivity index (χ0n) is 7.72. The number of ketones is 1. The predicted molar refractivity (Wildman–Crippen MR) is 43.5 cm³/mol. The predicted octanol–water partition coefficient (Wildman–Crippen LogP) is 1.16. The van der Waals surface area contributed by atoms with E-state index in [1.807, 2.05) is 0 Å². The van der Waals surface area contributed by atoms with Crippen molar-refractivity contribution in [2.45, 2.75) is 26.7 Å². The second-order valence-electron chi connectivity index (χ2n) is 3.61. The molecule has 1 fully saturated rings. The van der Waals surface area contributed by atoms with Crippen molar-refractivity contribution in [3.8, 4) is 0 Å². The van der Waals surface area contributed by atoms with E-state index in [0.29, 0.717) is 0 Å². The van der Waals surface area contributed by atoms with Gasteiger partial charge in [-0.25, -0.2) is 0 Å². The van der Waals surface area contributed by atoms with Crippen molar-refractivity contribution in [1.82, 2.24) is 0 Å². The summed E-state index contributed by atoms with van der Waals surface area (Å²) < 4.78 is 4.65. The van der Waals surface area contributed by atoms with Gasteiger partial charge in [-0.05, 0) is 26.7 Å². The Morgan fingerprint density at radius 3 is 2.33 bits per heavy atom. The van der Waals surface area contributed by atoms with Crippen LogP contribution in [0.5, 0.6) is 0 Å². The summed E-state index contributed by atoms with van der Waals surface area (Å²) in [5.74, 6) is -0.284. The number of hydrogen-bond donors (Lipinski definition) is 0. The quantitative estimate of drug-likeness (QED) is 0.584. The van der Waals surface area contributed by atoms with Crippen LogP contribution in [0.25, 0.3) is 0 Å². The lowest BCUT2D eigenvalue weighted by Gasteiger charge is -2.42. The molecular formula is C9H14O3. The van der Waals surface area contributed by atoms with Crippen molar-refractivity contribution < 1.29 is 14.3 Å². The molecule has 0 aromatic rings. The SMILES string of the molecule is COC(=O)[C@]1(C)CC[C@H]1C(C)=O. The number of esters is 1. The van der Waals surface area contributed by atoms with Crippen molar-refractivity contribution in [2.24, 2.45) is 11.3 Å². The number of methoxy groups -OCH3 is 1. The molecular weight excluding hydrogens is 156 g/mol. The van der Waals surface area contributed by atoms with Gasteiger partial charge < -0.3 is 4.74 Å². The molecule has 0 aliphatic heterocycles. The Kier molecular flexibility index (Phi) is 2.22. The first-order valence-corrected chi connectivity index (χ1v) is 4.11. The molecule has 3 heteroatoms. The van der Waals surface area contributed by atoms with Crippen molar-refractivity contribution in [1.29, 1.82) is 0 Å². The number of carbonyl (C=O) groups excluding carboxylic acids is 2. The second-order valence-corrected chi connectivity index (χ2v) is 3.61. The van der Waals surface area contributed by atoms with Crippen LogP contribution in [0.1, 0.15) is 26.7 Å². The molecule has 0 aromatic carbocycles. The van der Waals surface area contributed by atoms with Gasteiger partial charge in [-0.2, -0.15) is 0 Å². The topological polar surface area (TPSA) is 43.4 Å². The van der Waals surface area contributed by atoms with E-state index < -0.39 is 5.41 Å². The van der Waals surface area contributed by atoms with Gasteiger partial charge in [0.1, 0.15) is 5.78 Å². The standard InChI is InChI=1S/C9H14O3/c1-6(10)7-4-5-9(7,2)8(11)12-3/h7H,4-5H2,1-3H3/t7-,9+/m0/s1. The van der Waals surface area contributed by atoms with Crippen molar-refractivity contribution >= 4 is 11.8 Å². The Morgan fingerprint density at radius 2 is 2.08 bits per heavy atom. The molecule has 0 spiro atoms. The lowest BCUT2D eigenvalue weighted by Crippen LogP contribution is -2.48. The van der Waals surface area contributed by atoms with Crippen LogP contribution in [0, 0.1) is 11.3 Å². The lowest BCUT2D eigenvalue weighted by atomic mass is 9.60. The maximum absolute atomic E-state index is 11.3. The summed E-state index contributed by atoms with van der Waals surface area (Å²) in [6.45, 7) is 3.33. The minimum absolute atomic E-state index is 0.0918. The number of Topliss-reactive ketones (excluding diaryl/α,β-unsaturated/α-hetero) is 1. The first-order chi connectivity index (χ1) is 5.52. The molecule has 1 rings (SSSR count). The van der Waals surface area contributed by atoms with Crippen molar-refractivity contribution in [3.05, 3.63) is 0 Å². The third-order valence-electron chi connectivity index (χ3n) is 2.86. The van der Waals surface area contributed by atoms with Crippen LogP contribution in [-0.4, -0.2) is 18.9 Å². The molecule has 1 aliphatic carbocycles. The van der Waals surface area contributed by atoms with Crippen LogP contribution >= 0.6 is 0 Å². The molecule has 0 unspecified atom stereocenters. The van der Waals surface area contributed by atoms with Gasteiger partial charge in [-0.15, -0.1) is 0 Å². The molecule has 0 N–H and O–H groups in total. The van der Waals surface area contributed by atoms with Crippen LogP contribution in [0.3, 0.4) is 0 Å². The van der Waals surface area contributed by atoms with Gasteiger partial charge in [0.2, 0.25) is 0 Å². The summed E-state index contributed by atoms with van der Waals surface area (Å²) in [6, 6.07) is 0. The largest absolute Gasteiger partial charge is 0.469 e. The molecule has 12 heavy (non-hydrogen) atoms. The summed E-state index contributed by atoms with van der Waals surface area (Å²) in [5.41, 5.74) is -0.541. The van der Waals surface area contributed by atoms with E-state index in [1.54, 1.807) is 6.92 Å². The van der Waals surface area contributed by atoms with Gasteiger partial charge in [0.05, 0.1) is 12.5 Å². The van der Waals surface area contributed by atoms with Crippen LogP contribution < -0.4 is 0 Å². The first kappa shape index (κ1) is 9.23. The molecule has 0 heterocycles. The van der Waals surface area contributed by atoms with E-state index in [4.69, 9.17) is 0 Å². The van der Waals surface area contributed by atoms with Gasteiger partial charge in [0.15, 0.2) is 0 Å². The zero-order valence-corrected chi connectivity index (χ0v) is 7.72. The minimum Gasteiger partial charge on any atom is -0.469 e. The Labute approximate surface area is 72.1 Å². The van der Waals surface area contributed by atoms with Gasteiger partial charge in [0, 0.05) is 5.92 Å². The van der Waals surface area contributed by atoms with Crippen LogP contribution in [0.2, 0.25) is 0 Å². The summed E-state index contributed by atoms with van der Waals surface area (Å²) in [6.07, 6.45) is 1.59. The highest BCUT2D eigenvalue weighted by Crippen LogP contribution is 2.47. The average Bonchev–Trinajstić information content (AvgIpc) is 1.98. The number of hydrogen-bond acceptors (Lipinski definition) is 3. The highest BCUT2D eigenvalue weighted by Gasteiger charge is 2.51. The highest BCUT2D eigenvalue weighted by atomic mass is 16.5. The van der Waals surface area contributed by atoms with Gasteiger partial charge in [-0.1, -0.05) is 0 Å². The van der Waals surface area contributed by atoms with E-state index in [1.165, 1.54) is 14.0 Å². The maximum Gasteiger partial charge on any atom is 0.312 e. The highest BCUT2D eigenvalue weighted by molar-refractivity contribution is 5.89. The van der Waals surface area contributed by atoms with Gasteiger partial charge >= 0.3 is 5.97 Å². The Morgan fingerprint density at radius 1 is 1.50 bits per heavy atom. The third kappa shape index (κ3) is 1.13. The second kappa shape index (κ2) is 2.88. The summed E-state index contributed by atoms with van der Waals surface area (Å²) >= 11 is 0. The average molecular weight is 170 g/mol. The molecule has 68 valence electrons. The molecule has 0 aromatic heterocycles. The van der Waals surface area contributed by atoms with E-state index >= 15 is 0 Å². The first-order valence-electron chi connectivity index (χ1n) is 4.11. The minimum atomic E-state index is -0.541. The molecule has 3 nitrogen and oxygen atoms in total. The normalized spacial score (nSPS) is 33.8. The van der Waals surface area contributed by atoms with Crippen molar-refractivity contribution in [3.63, 3.8) is 0 Å². The summed E-state index contributed by atoms with van der Waals surface area (Å²) in [4.78, 5) is 22.3. The lowest BCUT2D eigenvalue weighted by molar-refractivity contribution is -0.166. The number of ether oxygens (including phenoxy) is 1. The molecule has 0 saturated heterocycles. The van der Waals surface area contributed by atoms with Gasteiger partial charge in [0.25, 0.3) is 0 Å². The summed E-state index contributed by atoms with van der Waals surface area (Å²) in [5, 5.41) is 0. The number of rotatable bonds is 2. The fourth-order valence-electron chi connectivity index (χ4n) is 1.85. The van der Waals surface area contributed by atoms with E-state index in [2.05, 4.69) is 4.74 Å².